The molecule has 4 heterocycles. The second-order valence-corrected chi connectivity index (χ2v) is 10.1. The van der Waals surface area contributed by atoms with Gasteiger partial charge in [-0.2, -0.15) is 10.4 Å². The molecule has 0 saturated carbocycles. The lowest BCUT2D eigenvalue weighted by Gasteiger charge is -2.45. The number of nitrogens with two attached hydrogens (primary N) is 2. The van der Waals surface area contributed by atoms with Crippen LogP contribution >= 0.6 is 0 Å². The summed E-state index contributed by atoms with van der Waals surface area (Å²) in [6.45, 7) is 5.71. The minimum atomic E-state index is -0.570. The molecule has 0 spiro atoms. The quantitative estimate of drug-likeness (QED) is 0.356. The van der Waals surface area contributed by atoms with E-state index in [2.05, 4.69) is 39.4 Å². The van der Waals surface area contributed by atoms with Crippen molar-refractivity contribution >= 4 is 28.8 Å². The van der Waals surface area contributed by atoms with Crippen LogP contribution in [0.3, 0.4) is 0 Å². The van der Waals surface area contributed by atoms with Crippen LogP contribution < -0.4 is 21.7 Å². The molecule has 1 unspecified atom stereocenters. The number of hydrogen-bond acceptors (Lipinski definition) is 8. The fraction of sp³-hybridized carbons (Fsp3) is 0.259. The second kappa shape index (κ2) is 9.48. The van der Waals surface area contributed by atoms with Crippen LogP contribution in [0.2, 0.25) is 0 Å². The largest absolute Gasteiger partial charge is 0.379 e. The number of anilines is 2. The Morgan fingerprint density at radius 1 is 1.08 bits per heavy atom. The van der Waals surface area contributed by atoms with E-state index in [-0.39, 0.29) is 17.2 Å². The van der Waals surface area contributed by atoms with Crippen LogP contribution in [-0.4, -0.2) is 50.8 Å². The van der Waals surface area contributed by atoms with Crippen molar-refractivity contribution in [2.24, 2.45) is 16.9 Å². The number of aromatic nitrogens is 4. The SMILES string of the molecule is CC1(C)CN(c2ccc(C#N)nn2)CCC1Nc1c(C(N)=O)cnn2cc(-c3ccc(C(N)=O)cc3)cc12. The first kappa shape index (κ1) is 24.7. The summed E-state index contributed by atoms with van der Waals surface area (Å²) in [4.78, 5) is 26.0. The minimum Gasteiger partial charge on any atom is -0.379 e. The summed E-state index contributed by atoms with van der Waals surface area (Å²) >= 11 is 0. The van der Waals surface area contributed by atoms with E-state index < -0.39 is 11.8 Å². The van der Waals surface area contributed by atoms with Crippen molar-refractivity contribution in [3.8, 4) is 17.2 Å². The van der Waals surface area contributed by atoms with Crippen molar-refractivity contribution in [3.63, 3.8) is 0 Å². The number of hydrogen-bond donors (Lipinski definition) is 3. The molecule has 1 saturated heterocycles. The van der Waals surface area contributed by atoms with E-state index in [0.29, 0.717) is 35.4 Å². The Hall–Kier alpha value is -4.98. The van der Waals surface area contributed by atoms with Crippen molar-refractivity contribution < 1.29 is 9.59 Å². The maximum Gasteiger partial charge on any atom is 0.252 e. The zero-order valence-corrected chi connectivity index (χ0v) is 21.0. The number of benzene rings is 1. The fourth-order valence-corrected chi connectivity index (χ4v) is 4.93. The molecular formula is C27H27N9O2. The number of fused-ring (bicyclic) bond motifs is 1. The van der Waals surface area contributed by atoms with Crippen LogP contribution in [0.1, 0.15) is 46.7 Å². The topological polar surface area (TPSA) is 168 Å². The Labute approximate surface area is 219 Å². The van der Waals surface area contributed by atoms with Crippen LogP contribution in [0.25, 0.3) is 16.6 Å². The molecule has 2 amide bonds. The number of carbonyl (C=O) groups is 2. The maximum absolute atomic E-state index is 12.4. The number of amides is 2. The van der Waals surface area contributed by atoms with Gasteiger partial charge >= 0.3 is 0 Å². The van der Waals surface area contributed by atoms with Gasteiger partial charge in [0.05, 0.1) is 23.0 Å². The highest BCUT2D eigenvalue weighted by Gasteiger charge is 2.37. The molecule has 4 aromatic rings. The molecule has 0 radical (unpaired) electrons. The molecule has 5 rings (SSSR count). The number of piperidine rings is 1. The lowest BCUT2D eigenvalue weighted by molar-refractivity contribution is 0.0992. The van der Waals surface area contributed by atoms with Gasteiger partial charge in [-0.05, 0) is 42.3 Å². The van der Waals surface area contributed by atoms with Gasteiger partial charge in [0.25, 0.3) is 5.91 Å². The summed E-state index contributed by atoms with van der Waals surface area (Å²) in [7, 11) is 0. The first-order valence-electron chi connectivity index (χ1n) is 12.1. The van der Waals surface area contributed by atoms with E-state index in [0.717, 1.165) is 23.4 Å². The number of nitrogens with one attached hydrogen (secondary N) is 1. The van der Waals surface area contributed by atoms with E-state index in [4.69, 9.17) is 16.7 Å². The number of rotatable bonds is 6. The van der Waals surface area contributed by atoms with Gasteiger partial charge < -0.3 is 21.7 Å². The van der Waals surface area contributed by atoms with Gasteiger partial charge in [0.15, 0.2) is 11.5 Å². The Morgan fingerprint density at radius 3 is 2.45 bits per heavy atom. The number of nitriles is 1. The van der Waals surface area contributed by atoms with E-state index in [1.807, 2.05) is 36.5 Å². The number of primary amides is 2. The smallest absolute Gasteiger partial charge is 0.252 e. The molecule has 0 bridgehead atoms. The molecule has 11 heteroatoms. The molecule has 3 aromatic heterocycles. The highest BCUT2D eigenvalue weighted by Crippen LogP contribution is 2.36. The van der Waals surface area contributed by atoms with Crippen LogP contribution in [0, 0.1) is 16.7 Å². The maximum atomic E-state index is 12.4. The van der Waals surface area contributed by atoms with E-state index in [1.54, 1.807) is 22.7 Å². The van der Waals surface area contributed by atoms with Crippen molar-refractivity contribution in [1.82, 2.24) is 19.8 Å². The second-order valence-electron chi connectivity index (χ2n) is 10.1. The summed E-state index contributed by atoms with van der Waals surface area (Å²) in [6.07, 6.45) is 4.11. The van der Waals surface area contributed by atoms with Gasteiger partial charge in [0.1, 0.15) is 6.07 Å². The molecule has 1 aliphatic rings. The lowest BCUT2D eigenvalue weighted by atomic mass is 9.78. The Kier molecular flexibility index (Phi) is 6.16. The molecule has 1 aromatic carbocycles. The average Bonchev–Trinajstić information content (AvgIpc) is 3.34. The van der Waals surface area contributed by atoms with E-state index in [1.165, 1.54) is 6.20 Å². The predicted octanol–water partition coefficient (Wildman–Crippen LogP) is 2.58. The van der Waals surface area contributed by atoms with Gasteiger partial charge in [-0.15, -0.1) is 10.2 Å². The van der Waals surface area contributed by atoms with Crippen LogP contribution in [0.4, 0.5) is 11.5 Å². The molecule has 38 heavy (non-hydrogen) atoms. The van der Waals surface area contributed by atoms with Crippen LogP contribution in [-0.2, 0) is 0 Å². The van der Waals surface area contributed by atoms with Crippen LogP contribution in [0.5, 0.6) is 0 Å². The molecule has 5 N–H and O–H groups in total. The zero-order chi connectivity index (χ0) is 27.0. The van der Waals surface area contributed by atoms with Gasteiger partial charge in [-0.1, -0.05) is 26.0 Å². The van der Waals surface area contributed by atoms with Crippen LogP contribution in [0.15, 0.2) is 54.9 Å². The third-order valence-electron chi connectivity index (χ3n) is 7.04. The van der Waals surface area contributed by atoms with Crippen molar-refractivity contribution in [2.75, 3.05) is 23.3 Å². The minimum absolute atomic E-state index is 0.0163. The first-order valence-corrected chi connectivity index (χ1v) is 12.1. The van der Waals surface area contributed by atoms with Gasteiger partial charge in [0.2, 0.25) is 5.91 Å². The Morgan fingerprint density at radius 2 is 1.84 bits per heavy atom. The summed E-state index contributed by atoms with van der Waals surface area (Å²) in [5, 5.41) is 25.2. The summed E-state index contributed by atoms with van der Waals surface area (Å²) in [6, 6.07) is 14.4. The highest BCUT2D eigenvalue weighted by atomic mass is 16.1. The number of nitrogens with zero attached hydrogens (tertiary/aromatic N) is 6. The van der Waals surface area contributed by atoms with Crippen molar-refractivity contribution in [2.45, 2.75) is 26.3 Å². The molecule has 192 valence electrons. The van der Waals surface area contributed by atoms with E-state index in [9.17, 15) is 9.59 Å². The average molecular weight is 510 g/mol. The standard InChI is InChI=1S/C27H27N9O2/c1-27(2)15-35(23-8-7-19(12-28)33-34-23)10-9-22(27)32-24-20(26(30)38)13-31-36-14-18(11-21(24)36)16-3-5-17(6-4-16)25(29)37/h3-8,11,13-14,22,32H,9-10,15H2,1-2H3,(H2,29,37)(H2,30,38). The number of carbonyl (C=O) groups excluding carboxylic acids is 2. The summed E-state index contributed by atoms with van der Waals surface area (Å²) < 4.78 is 1.71. The Bertz CT molecular complexity index is 1570. The molecule has 1 fully saturated rings. The molecule has 1 atom stereocenters. The lowest BCUT2D eigenvalue weighted by Crippen LogP contribution is -2.52. The zero-order valence-electron chi connectivity index (χ0n) is 21.0. The molecule has 1 aliphatic heterocycles. The van der Waals surface area contributed by atoms with Gasteiger partial charge in [0, 0.05) is 41.9 Å². The third kappa shape index (κ3) is 4.59. The van der Waals surface area contributed by atoms with Crippen molar-refractivity contribution in [3.05, 3.63) is 71.7 Å². The molecular weight excluding hydrogens is 482 g/mol. The van der Waals surface area contributed by atoms with Gasteiger partial charge in [-0.3, -0.25) is 9.59 Å². The fourth-order valence-electron chi connectivity index (χ4n) is 4.93. The summed E-state index contributed by atoms with van der Waals surface area (Å²) in [5.74, 6) is -0.338. The molecule has 0 aliphatic carbocycles. The van der Waals surface area contributed by atoms with Crippen molar-refractivity contribution in [1.29, 1.82) is 5.26 Å². The third-order valence-corrected chi connectivity index (χ3v) is 7.04. The Balaban J connectivity index is 1.45. The highest BCUT2D eigenvalue weighted by molar-refractivity contribution is 6.02. The summed E-state index contributed by atoms with van der Waals surface area (Å²) in [5.41, 5.74) is 15.0. The monoisotopic (exact) mass is 509 g/mol. The molecule has 11 nitrogen and oxygen atoms in total. The first-order chi connectivity index (χ1) is 18.2. The van der Waals surface area contributed by atoms with Gasteiger partial charge in [-0.25, -0.2) is 4.52 Å². The normalized spacial score (nSPS) is 16.7. The predicted molar refractivity (Wildman–Crippen MR) is 142 cm³/mol. The van der Waals surface area contributed by atoms with E-state index >= 15 is 0 Å².